The first-order valence-corrected chi connectivity index (χ1v) is 4.42. The van der Waals surface area contributed by atoms with Crippen LogP contribution in [0.25, 0.3) is 0 Å². The Balaban J connectivity index is 4.24. The SMILES string of the molecule is C/C(N)=C(\CNC(C)(C)C)N(C)N. The summed E-state index contributed by atoms with van der Waals surface area (Å²) in [6.07, 6.45) is 0. The van der Waals surface area contributed by atoms with E-state index in [2.05, 4.69) is 26.1 Å². The Labute approximate surface area is 80.9 Å². The smallest absolute Gasteiger partial charge is 0.0610 e. The highest BCUT2D eigenvalue weighted by molar-refractivity contribution is 5.08. The van der Waals surface area contributed by atoms with Crippen molar-refractivity contribution in [3.8, 4) is 0 Å². The number of hydrazine groups is 1. The number of allylic oxidation sites excluding steroid dienone is 1. The second-order valence-corrected chi connectivity index (χ2v) is 4.34. The highest BCUT2D eigenvalue weighted by atomic mass is 15.4. The van der Waals surface area contributed by atoms with Crippen LogP contribution in [-0.2, 0) is 0 Å². The third-order valence-electron chi connectivity index (χ3n) is 1.67. The van der Waals surface area contributed by atoms with E-state index in [-0.39, 0.29) is 5.54 Å². The van der Waals surface area contributed by atoms with E-state index >= 15 is 0 Å². The van der Waals surface area contributed by atoms with Crippen LogP contribution >= 0.6 is 0 Å². The van der Waals surface area contributed by atoms with E-state index in [4.69, 9.17) is 11.6 Å². The fourth-order valence-corrected chi connectivity index (χ4v) is 0.891. The summed E-state index contributed by atoms with van der Waals surface area (Å²) in [5, 5.41) is 4.87. The zero-order chi connectivity index (χ0) is 10.6. The molecule has 0 amide bonds. The first-order chi connectivity index (χ1) is 5.74. The standard InChI is InChI=1S/C9H22N4/c1-7(10)8(13(5)11)6-12-9(2,3)4/h12H,6,10-11H2,1-5H3/b8-7-. The molecular formula is C9H22N4. The summed E-state index contributed by atoms with van der Waals surface area (Å²) in [6, 6.07) is 0. The summed E-state index contributed by atoms with van der Waals surface area (Å²) in [5.74, 6) is 5.62. The minimum absolute atomic E-state index is 0.0801. The Hall–Kier alpha value is -0.740. The van der Waals surface area contributed by atoms with Crippen molar-refractivity contribution in [1.82, 2.24) is 10.3 Å². The maximum atomic E-state index is 5.68. The van der Waals surface area contributed by atoms with Gasteiger partial charge in [0, 0.05) is 24.8 Å². The topological polar surface area (TPSA) is 67.3 Å². The van der Waals surface area contributed by atoms with Crippen molar-refractivity contribution in [2.24, 2.45) is 11.6 Å². The molecule has 0 saturated carbocycles. The van der Waals surface area contributed by atoms with Crippen LogP contribution in [0.15, 0.2) is 11.4 Å². The Bertz CT molecular complexity index is 184. The molecule has 0 aromatic heterocycles. The number of rotatable bonds is 3. The lowest BCUT2D eigenvalue weighted by Crippen LogP contribution is -2.41. The molecule has 4 nitrogen and oxygen atoms in total. The van der Waals surface area contributed by atoms with E-state index in [1.54, 1.807) is 12.1 Å². The van der Waals surface area contributed by atoms with Crippen LogP contribution in [0.2, 0.25) is 0 Å². The van der Waals surface area contributed by atoms with Crippen molar-refractivity contribution >= 4 is 0 Å². The molecular weight excluding hydrogens is 164 g/mol. The third kappa shape index (κ3) is 5.49. The highest BCUT2D eigenvalue weighted by Gasteiger charge is 2.11. The van der Waals surface area contributed by atoms with Crippen molar-refractivity contribution in [3.63, 3.8) is 0 Å². The average Bonchev–Trinajstić information content (AvgIpc) is 1.82. The molecule has 0 rings (SSSR count). The van der Waals surface area contributed by atoms with Crippen LogP contribution in [0.1, 0.15) is 27.7 Å². The molecule has 0 aliphatic carbocycles. The normalized spacial score (nSPS) is 14.0. The van der Waals surface area contributed by atoms with Gasteiger partial charge in [-0.2, -0.15) is 0 Å². The molecule has 0 atom stereocenters. The van der Waals surface area contributed by atoms with Gasteiger partial charge in [-0.1, -0.05) is 0 Å². The van der Waals surface area contributed by atoms with E-state index in [9.17, 15) is 0 Å². The van der Waals surface area contributed by atoms with Gasteiger partial charge in [0.15, 0.2) is 0 Å². The summed E-state index contributed by atoms with van der Waals surface area (Å²) in [5.41, 5.74) is 7.44. The molecule has 0 spiro atoms. The van der Waals surface area contributed by atoms with E-state index in [1.165, 1.54) is 0 Å². The van der Waals surface area contributed by atoms with Gasteiger partial charge in [0.05, 0.1) is 5.70 Å². The summed E-state index contributed by atoms with van der Waals surface area (Å²) in [4.78, 5) is 0. The number of nitrogens with one attached hydrogen (secondary N) is 1. The largest absolute Gasteiger partial charge is 0.401 e. The van der Waals surface area contributed by atoms with Crippen molar-refractivity contribution in [3.05, 3.63) is 11.4 Å². The molecule has 0 radical (unpaired) electrons. The fourth-order valence-electron chi connectivity index (χ4n) is 0.891. The van der Waals surface area contributed by atoms with Gasteiger partial charge in [0.1, 0.15) is 0 Å². The van der Waals surface area contributed by atoms with Crippen LogP contribution in [0.3, 0.4) is 0 Å². The molecule has 0 aliphatic rings. The number of likely N-dealkylation sites (N-methyl/N-ethyl adjacent to an activating group) is 1. The van der Waals surface area contributed by atoms with E-state index in [0.717, 1.165) is 11.4 Å². The fraction of sp³-hybridized carbons (Fsp3) is 0.778. The van der Waals surface area contributed by atoms with Crippen molar-refractivity contribution in [1.29, 1.82) is 0 Å². The van der Waals surface area contributed by atoms with Crippen LogP contribution < -0.4 is 16.9 Å². The summed E-state index contributed by atoms with van der Waals surface area (Å²) in [6.45, 7) is 8.86. The first-order valence-electron chi connectivity index (χ1n) is 4.42. The number of nitrogens with zero attached hydrogens (tertiary/aromatic N) is 1. The van der Waals surface area contributed by atoms with Gasteiger partial charge in [-0.15, -0.1) is 0 Å². The van der Waals surface area contributed by atoms with Gasteiger partial charge in [-0.25, -0.2) is 5.84 Å². The lowest BCUT2D eigenvalue weighted by atomic mass is 10.1. The number of hydrogen-bond acceptors (Lipinski definition) is 4. The number of nitrogens with two attached hydrogens (primary N) is 2. The maximum absolute atomic E-state index is 5.68. The maximum Gasteiger partial charge on any atom is 0.0610 e. The van der Waals surface area contributed by atoms with Crippen LogP contribution in [0.4, 0.5) is 0 Å². The summed E-state index contributed by atoms with van der Waals surface area (Å²) >= 11 is 0. The molecule has 0 bridgehead atoms. The predicted octanol–water partition coefficient (Wildman–Crippen LogP) is 0.370. The Kier molecular flexibility index (Phi) is 4.23. The zero-order valence-corrected chi connectivity index (χ0v) is 9.31. The minimum Gasteiger partial charge on any atom is -0.401 e. The summed E-state index contributed by atoms with van der Waals surface area (Å²) in [7, 11) is 1.79. The van der Waals surface area contributed by atoms with Gasteiger partial charge in [-0.05, 0) is 27.7 Å². The van der Waals surface area contributed by atoms with Gasteiger partial charge in [-0.3, -0.25) is 0 Å². The molecule has 78 valence electrons. The third-order valence-corrected chi connectivity index (χ3v) is 1.67. The van der Waals surface area contributed by atoms with E-state index < -0.39 is 0 Å². The molecule has 0 heterocycles. The van der Waals surface area contributed by atoms with Crippen LogP contribution in [0.5, 0.6) is 0 Å². The predicted molar refractivity (Wildman–Crippen MR) is 56.6 cm³/mol. The molecule has 0 unspecified atom stereocenters. The molecule has 0 fully saturated rings. The lowest BCUT2D eigenvalue weighted by Gasteiger charge is -2.25. The zero-order valence-electron chi connectivity index (χ0n) is 9.31. The lowest BCUT2D eigenvalue weighted by molar-refractivity contribution is 0.375. The minimum atomic E-state index is 0.0801. The Morgan fingerprint density at radius 3 is 2.08 bits per heavy atom. The molecule has 0 saturated heterocycles. The van der Waals surface area contributed by atoms with Gasteiger partial charge in [0.2, 0.25) is 0 Å². The van der Waals surface area contributed by atoms with Crippen molar-refractivity contribution in [2.45, 2.75) is 33.2 Å². The molecule has 0 aromatic rings. The summed E-state index contributed by atoms with van der Waals surface area (Å²) < 4.78 is 0. The van der Waals surface area contributed by atoms with Gasteiger partial charge >= 0.3 is 0 Å². The average molecular weight is 186 g/mol. The quantitative estimate of drug-likeness (QED) is 0.440. The molecule has 13 heavy (non-hydrogen) atoms. The monoisotopic (exact) mass is 186 g/mol. The second kappa shape index (κ2) is 4.48. The second-order valence-electron chi connectivity index (χ2n) is 4.34. The molecule has 0 aliphatic heterocycles. The Morgan fingerprint density at radius 1 is 1.38 bits per heavy atom. The Morgan fingerprint density at radius 2 is 1.85 bits per heavy atom. The van der Waals surface area contributed by atoms with Crippen molar-refractivity contribution < 1.29 is 0 Å². The van der Waals surface area contributed by atoms with E-state index in [0.29, 0.717) is 6.54 Å². The van der Waals surface area contributed by atoms with Crippen molar-refractivity contribution in [2.75, 3.05) is 13.6 Å². The van der Waals surface area contributed by atoms with Gasteiger partial charge < -0.3 is 16.1 Å². The van der Waals surface area contributed by atoms with E-state index in [1.807, 2.05) is 6.92 Å². The first kappa shape index (κ1) is 12.3. The number of hydrogen-bond donors (Lipinski definition) is 3. The molecule has 0 aromatic carbocycles. The van der Waals surface area contributed by atoms with Gasteiger partial charge in [0.25, 0.3) is 0 Å². The van der Waals surface area contributed by atoms with Crippen LogP contribution in [-0.4, -0.2) is 24.1 Å². The molecule has 5 N–H and O–H groups in total. The highest BCUT2D eigenvalue weighted by Crippen LogP contribution is 2.03. The molecule has 4 heteroatoms. The van der Waals surface area contributed by atoms with Crippen LogP contribution in [0, 0.1) is 0 Å².